The second-order valence-electron chi connectivity index (χ2n) is 4.88. The number of phenols is 1. The molecule has 0 saturated heterocycles. The van der Waals surface area contributed by atoms with Gasteiger partial charge in [-0.25, -0.2) is 0 Å². The first-order valence-corrected chi connectivity index (χ1v) is 6.73. The second kappa shape index (κ2) is 6.31. The molecule has 110 valence electrons. The van der Waals surface area contributed by atoms with Crippen LogP contribution >= 0.6 is 0 Å². The molecular weight excluding hydrogens is 266 g/mol. The predicted molar refractivity (Wildman–Crippen MR) is 81.6 cm³/mol. The smallest absolute Gasteiger partial charge is 0.254 e. The van der Waals surface area contributed by atoms with E-state index >= 15 is 0 Å². The number of methoxy groups -OCH3 is 1. The number of benzene rings is 2. The van der Waals surface area contributed by atoms with E-state index in [1.165, 1.54) is 0 Å². The van der Waals surface area contributed by atoms with Crippen molar-refractivity contribution < 1.29 is 14.6 Å². The molecule has 1 atom stereocenters. The van der Waals surface area contributed by atoms with E-state index in [2.05, 4.69) is 0 Å². The van der Waals surface area contributed by atoms with Crippen LogP contribution in [0.2, 0.25) is 0 Å². The number of para-hydroxylation sites is 1. The molecule has 2 rings (SSSR count). The molecule has 4 nitrogen and oxygen atoms in total. The van der Waals surface area contributed by atoms with Gasteiger partial charge in [0.2, 0.25) is 0 Å². The number of rotatable bonds is 4. The van der Waals surface area contributed by atoms with Gasteiger partial charge in [-0.15, -0.1) is 0 Å². The number of aromatic hydroxyl groups is 1. The molecule has 0 saturated carbocycles. The predicted octanol–water partition coefficient (Wildman–Crippen LogP) is 3.23. The SMILES string of the molecule is COc1ccc(C(=O)N(C)C(C)c2ccccc2O)cc1. The van der Waals surface area contributed by atoms with E-state index in [0.29, 0.717) is 11.3 Å². The molecular formula is C17H19NO3. The number of hydrogen-bond acceptors (Lipinski definition) is 3. The van der Waals surface area contributed by atoms with Crippen LogP contribution in [0.25, 0.3) is 0 Å². The van der Waals surface area contributed by atoms with Gasteiger partial charge in [0.1, 0.15) is 11.5 Å². The van der Waals surface area contributed by atoms with Gasteiger partial charge < -0.3 is 14.7 Å². The topological polar surface area (TPSA) is 49.8 Å². The molecule has 0 aliphatic carbocycles. The molecule has 21 heavy (non-hydrogen) atoms. The summed E-state index contributed by atoms with van der Waals surface area (Å²) in [5.74, 6) is 0.802. The maximum absolute atomic E-state index is 12.5. The van der Waals surface area contributed by atoms with Crippen molar-refractivity contribution in [3.05, 3.63) is 59.7 Å². The molecule has 1 unspecified atom stereocenters. The van der Waals surface area contributed by atoms with E-state index in [1.807, 2.05) is 19.1 Å². The molecule has 0 spiro atoms. The molecule has 0 bridgehead atoms. The van der Waals surface area contributed by atoms with E-state index in [-0.39, 0.29) is 17.7 Å². The van der Waals surface area contributed by atoms with E-state index in [0.717, 1.165) is 5.56 Å². The summed E-state index contributed by atoms with van der Waals surface area (Å²) < 4.78 is 5.08. The van der Waals surface area contributed by atoms with Gasteiger partial charge in [-0.3, -0.25) is 4.79 Å². The highest BCUT2D eigenvalue weighted by molar-refractivity contribution is 5.94. The number of nitrogens with zero attached hydrogens (tertiary/aromatic N) is 1. The van der Waals surface area contributed by atoms with Crippen molar-refractivity contribution in [2.45, 2.75) is 13.0 Å². The second-order valence-corrected chi connectivity index (χ2v) is 4.88. The Labute approximate surface area is 124 Å². The monoisotopic (exact) mass is 285 g/mol. The highest BCUT2D eigenvalue weighted by Gasteiger charge is 2.20. The Balaban J connectivity index is 2.20. The Morgan fingerprint density at radius 1 is 1.14 bits per heavy atom. The average molecular weight is 285 g/mol. The third kappa shape index (κ3) is 3.16. The quantitative estimate of drug-likeness (QED) is 0.938. The Morgan fingerprint density at radius 3 is 2.33 bits per heavy atom. The van der Waals surface area contributed by atoms with Crippen molar-refractivity contribution in [3.8, 4) is 11.5 Å². The molecule has 0 aromatic heterocycles. The summed E-state index contributed by atoms with van der Waals surface area (Å²) in [6.45, 7) is 1.89. The van der Waals surface area contributed by atoms with Gasteiger partial charge >= 0.3 is 0 Å². The molecule has 2 aromatic rings. The van der Waals surface area contributed by atoms with Gasteiger partial charge in [-0.1, -0.05) is 18.2 Å². The van der Waals surface area contributed by atoms with E-state index in [4.69, 9.17) is 4.74 Å². The van der Waals surface area contributed by atoms with E-state index in [1.54, 1.807) is 55.5 Å². The summed E-state index contributed by atoms with van der Waals surface area (Å²) >= 11 is 0. The Hall–Kier alpha value is -2.49. The number of phenolic OH excluding ortho intramolecular Hbond substituents is 1. The number of ether oxygens (including phenoxy) is 1. The average Bonchev–Trinajstić information content (AvgIpc) is 2.53. The number of carbonyl (C=O) groups is 1. The zero-order valence-corrected chi connectivity index (χ0v) is 12.4. The minimum atomic E-state index is -0.221. The molecule has 0 aliphatic rings. The van der Waals surface area contributed by atoms with Crippen molar-refractivity contribution in [2.24, 2.45) is 0 Å². The van der Waals surface area contributed by atoms with Crippen molar-refractivity contribution >= 4 is 5.91 Å². The van der Waals surface area contributed by atoms with Gasteiger partial charge in [-0.2, -0.15) is 0 Å². The maximum Gasteiger partial charge on any atom is 0.254 e. The van der Waals surface area contributed by atoms with Crippen molar-refractivity contribution in [2.75, 3.05) is 14.2 Å². The first-order chi connectivity index (χ1) is 10.0. The third-order valence-corrected chi connectivity index (χ3v) is 3.63. The molecule has 4 heteroatoms. The fourth-order valence-electron chi connectivity index (χ4n) is 2.16. The Kier molecular flexibility index (Phi) is 4.48. The van der Waals surface area contributed by atoms with Crippen LogP contribution in [0.5, 0.6) is 11.5 Å². The standard InChI is InChI=1S/C17H19NO3/c1-12(15-6-4-5-7-16(15)19)18(2)17(20)13-8-10-14(21-3)11-9-13/h4-12,19H,1-3H3. The first-order valence-electron chi connectivity index (χ1n) is 6.73. The summed E-state index contributed by atoms with van der Waals surface area (Å²) in [4.78, 5) is 14.1. The Morgan fingerprint density at radius 2 is 1.76 bits per heavy atom. The van der Waals surface area contributed by atoms with Crippen molar-refractivity contribution in [1.82, 2.24) is 4.90 Å². The van der Waals surface area contributed by atoms with Gasteiger partial charge in [0.05, 0.1) is 13.2 Å². The zero-order chi connectivity index (χ0) is 15.4. The number of hydrogen-bond donors (Lipinski definition) is 1. The van der Waals surface area contributed by atoms with Crippen LogP contribution in [-0.2, 0) is 0 Å². The summed E-state index contributed by atoms with van der Waals surface area (Å²) in [6, 6.07) is 13.8. The molecule has 1 amide bonds. The minimum Gasteiger partial charge on any atom is -0.508 e. The van der Waals surface area contributed by atoms with Crippen LogP contribution in [0, 0.1) is 0 Å². The minimum absolute atomic E-state index is 0.103. The summed E-state index contributed by atoms with van der Waals surface area (Å²) in [5.41, 5.74) is 1.31. The largest absolute Gasteiger partial charge is 0.508 e. The van der Waals surface area contributed by atoms with Crippen LogP contribution in [0.1, 0.15) is 28.9 Å². The summed E-state index contributed by atoms with van der Waals surface area (Å²) in [5, 5.41) is 9.90. The fraction of sp³-hybridized carbons (Fsp3) is 0.235. The highest BCUT2D eigenvalue weighted by Crippen LogP contribution is 2.28. The molecule has 2 aromatic carbocycles. The maximum atomic E-state index is 12.5. The lowest BCUT2D eigenvalue weighted by Crippen LogP contribution is -2.29. The molecule has 0 radical (unpaired) electrons. The van der Waals surface area contributed by atoms with Crippen LogP contribution in [0.15, 0.2) is 48.5 Å². The molecule has 0 aliphatic heterocycles. The van der Waals surface area contributed by atoms with Gasteiger partial charge in [0.15, 0.2) is 0 Å². The number of amides is 1. The third-order valence-electron chi connectivity index (χ3n) is 3.63. The lowest BCUT2D eigenvalue weighted by atomic mass is 10.1. The van der Waals surface area contributed by atoms with Gasteiger partial charge in [0.25, 0.3) is 5.91 Å². The van der Waals surface area contributed by atoms with Crippen molar-refractivity contribution in [3.63, 3.8) is 0 Å². The van der Waals surface area contributed by atoms with Crippen molar-refractivity contribution in [1.29, 1.82) is 0 Å². The van der Waals surface area contributed by atoms with Gasteiger partial charge in [0, 0.05) is 18.2 Å². The van der Waals surface area contributed by atoms with Crippen LogP contribution < -0.4 is 4.74 Å². The molecule has 1 N–H and O–H groups in total. The molecule has 0 heterocycles. The van der Waals surface area contributed by atoms with Gasteiger partial charge in [-0.05, 0) is 37.3 Å². The highest BCUT2D eigenvalue weighted by atomic mass is 16.5. The lowest BCUT2D eigenvalue weighted by molar-refractivity contribution is 0.0741. The lowest BCUT2D eigenvalue weighted by Gasteiger charge is -2.26. The zero-order valence-electron chi connectivity index (χ0n) is 12.4. The van der Waals surface area contributed by atoms with Crippen LogP contribution in [0.4, 0.5) is 0 Å². The van der Waals surface area contributed by atoms with E-state index in [9.17, 15) is 9.90 Å². The summed E-state index contributed by atoms with van der Waals surface area (Å²) in [6.07, 6.45) is 0. The summed E-state index contributed by atoms with van der Waals surface area (Å²) in [7, 11) is 3.31. The number of carbonyl (C=O) groups excluding carboxylic acids is 1. The molecule has 0 fully saturated rings. The first kappa shape index (κ1) is 14.9. The normalized spacial score (nSPS) is 11.8. The van der Waals surface area contributed by atoms with Crippen LogP contribution in [-0.4, -0.2) is 30.1 Å². The van der Waals surface area contributed by atoms with E-state index < -0.39 is 0 Å². The fourth-order valence-corrected chi connectivity index (χ4v) is 2.16. The Bertz CT molecular complexity index is 622. The van der Waals surface area contributed by atoms with Crippen LogP contribution in [0.3, 0.4) is 0 Å².